The van der Waals surface area contributed by atoms with Gasteiger partial charge >= 0.3 is 0 Å². The van der Waals surface area contributed by atoms with Crippen LogP contribution < -0.4 is 10.6 Å². The predicted octanol–water partition coefficient (Wildman–Crippen LogP) is 3.35. The van der Waals surface area contributed by atoms with Crippen molar-refractivity contribution in [3.8, 4) is 0 Å². The summed E-state index contributed by atoms with van der Waals surface area (Å²) < 4.78 is 25.5. The highest BCUT2D eigenvalue weighted by molar-refractivity contribution is 7.84. The van der Waals surface area contributed by atoms with Crippen LogP contribution in [0.3, 0.4) is 0 Å². The number of aromatic amines is 1. The minimum atomic E-state index is -0.936. The van der Waals surface area contributed by atoms with Gasteiger partial charge in [-0.1, -0.05) is 30.3 Å². The van der Waals surface area contributed by atoms with Crippen LogP contribution in [0, 0.1) is 5.82 Å². The summed E-state index contributed by atoms with van der Waals surface area (Å²) in [4.78, 5) is 7.64. The zero-order valence-electron chi connectivity index (χ0n) is 16.6. The number of rotatable bonds is 9. The molecule has 0 bridgehead atoms. The van der Waals surface area contributed by atoms with Gasteiger partial charge in [-0.3, -0.25) is 9.20 Å². The van der Waals surface area contributed by atoms with Crippen LogP contribution in [-0.2, 0) is 23.0 Å². The van der Waals surface area contributed by atoms with Gasteiger partial charge in [0, 0.05) is 52.5 Å². The van der Waals surface area contributed by atoms with E-state index in [0.717, 1.165) is 41.0 Å². The van der Waals surface area contributed by atoms with Gasteiger partial charge in [0.1, 0.15) is 5.82 Å². The first kappa shape index (κ1) is 21.0. The SMILES string of the molecule is CCNC(=NCCS(=O)Cc1ccccc1)NCCc1c[nH]c2cc(F)ccc12. The van der Waals surface area contributed by atoms with Crippen molar-refractivity contribution in [2.24, 2.45) is 4.99 Å². The summed E-state index contributed by atoms with van der Waals surface area (Å²) in [7, 11) is -0.936. The van der Waals surface area contributed by atoms with Crippen molar-refractivity contribution in [1.82, 2.24) is 15.6 Å². The van der Waals surface area contributed by atoms with Gasteiger partial charge in [0.25, 0.3) is 0 Å². The molecule has 1 aromatic heterocycles. The summed E-state index contributed by atoms with van der Waals surface area (Å²) in [6.45, 7) is 3.97. The summed E-state index contributed by atoms with van der Waals surface area (Å²) in [6, 6.07) is 14.7. The lowest BCUT2D eigenvalue weighted by molar-refractivity contribution is 0.629. The summed E-state index contributed by atoms with van der Waals surface area (Å²) in [6.07, 6.45) is 2.71. The van der Waals surface area contributed by atoms with E-state index in [1.807, 2.05) is 43.5 Å². The second-order valence-corrected chi connectivity index (χ2v) is 8.29. The number of guanidine groups is 1. The molecule has 0 fully saturated rings. The Morgan fingerprint density at radius 3 is 2.79 bits per heavy atom. The van der Waals surface area contributed by atoms with Gasteiger partial charge in [0.05, 0.1) is 6.54 Å². The first-order chi connectivity index (χ1) is 14.2. The third-order valence-electron chi connectivity index (χ3n) is 4.52. The Bertz CT molecular complexity index is 971. The first-order valence-electron chi connectivity index (χ1n) is 9.82. The Morgan fingerprint density at radius 2 is 2.00 bits per heavy atom. The highest BCUT2D eigenvalue weighted by Gasteiger charge is 2.06. The number of aliphatic imine (C=N–C) groups is 1. The van der Waals surface area contributed by atoms with E-state index in [0.29, 0.717) is 24.6 Å². The third kappa shape index (κ3) is 6.42. The van der Waals surface area contributed by atoms with E-state index in [1.165, 1.54) is 12.1 Å². The molecule has 0 amide bonds. The Labute approximate surface area is 173 Å². The van der Waals surface area contributed by atoms with Gasteiger partial charge in [0.15, 0.2) is 5.96 Å². The summed E-state index contributed by atoms with van der Waals surface area (Å²) in [5, 5.41) is 7.56. The van der Waals surface area contributed by atoms with Crippen molar-refractivity contribution in [2.45, 2.75) is 19.1 Å². The Balaban J connectivity index is 1.48. The lowest BCUT2D eigenvalue weighted by Crippen LogP contribution is -2.38. The highest BCUT2D eigenvalue weighted by atomic mass is 32.2. The maximum Gasteiger partial charge on any atom is 0.191 e. The molecule has 3 N–H and O–H groups in total. The van der Waals surface area contributed by atoms with Crippen LogP contribution in [0.2, 0.25) is 0 Å². The number of benzene rings is 2. The number of hydrogen-bond donors (Lipinski definition) is 3. The molecule has 0 aliphatic heterocycles. The zero-order chi connectivity index (χ0) is 20.5. The number of nitrogens with zero attached hydrogens (tertiary/aromatic N) is 1. The van der Waals surface area contributed by atoms with E-state index in [9.17, 15) is 8.60 Å². The molecule has 0 spiro atoms. The maximum atomic E-state index is 13.3. The Morgan fingerprint density at radius 1 is 1.17 bits per heavy atom. The predicted molar refractivity (Wildman–Crippen MR) is 119 cm³/mol. The van der Waals surface area contributed by atoms with E-state index < -0.39 is 10.8 Å². The van der Waals surface area contributed by atoms with Crippen LogP contribution in [0.5, 0.6) is 0 Å². The number of fused-ring (bicyclic) bond motifs is 1. The van der Waals surface area contributed by atoms with Crippen LogP contribution in [0.25, 0.3) is 10.9 Å². The molecule has 7 heteroatoms. The molecule has 29 heavy (non-hydrogen) atoms. The van der Waals surface area contributed by atoms with Crippen LogP contribution in [0.15, 0.2) is 59.7 Å². The van der Waals surface area contributed by atoms with Crippen molar-refractivity contribution < 1.29 is 8.60 Å². The minimum absolute atomic E-state index is 0.241. The van der Waals surface area contributed by atoms with Gasteiger partial charge in [-0.25, -0.2) is 4.39 Å². The van der Waals surface area contributed by atoms with E-state index >= 15 is 0 Å². The number of halogens is 1. The molecule has 2 aromatic carbocycles. The minimum Gasteiger partial charge on any atom is -0.361 e. The average Bonchev–Trinajstić information content (AvgIpc) is 3.10. The molecule has 0 aliphatic carbocycles. The highest BCUT2D eigenvalue weighted by Crippen LogP contribution is 2.19. The van der Waals surface area contributed by atoms with Crippen molar-refractivity contribution in [3.05, 3.63) is 71.7 Å². The second kappa shape index (κ2) is 10.8. The van der Waals surface area contributed by atoms with Crippen molar-refractivity contribution in [2.75, 3.05) is 25.4 Å². The molecule has 1 unspecified atom stereocenters. The number of nitrogens with one attached hydrogen (secondary N) is 3. The molecule has 1 atom stereocenters. The van der Waals surface area contributed by atoms with Crippen LogP contribution in [0.4, 0.5) is 4.39 Å². The van der Waals surface area contributed by atoms with Crippen LogP contribution >= 0.6 is 0 Å². The van der Waals surface area contributed by atoms with E-state index in [1.54, 1.807) is 6.07 Å². The van der Waals surface area contributed by atoms with E-state index in [2.05, 4.69) is 20.6 Å². The van der Waals surface area contributed by atoms with Crippen LogP contribution in [0.1, 0.15) is 18.1 Å². The van der Waals surface area contributed by atoms with Crippen molar-refractivity contribution in [1.29, 1.82) is 0 Å². The standard InChI is InChI=1S/C22H27FN4OS/c1-2-24-22(26-12-13-29(28)16-17-6-4-3-5-7-17)25-11-10-18-15-27-21-14-19(23)8-9-20(18)21/h3-9,14-15,27H,2,10-13,16H2,1H3,(H2,24,25,26). The zero-order valence-corrected chi connectivity index (χ0v) is 17.4. The molecular weight excluding hydrogens is 387 g/mol. The second-order valence-electron chi connectivity index (χ2n) is 6.72. The van der Waals surface area contributed by atoms with Gasteiger partial charge < -0.3 is 15.6 Å². The molecule has 0 saturated heterocycles. The van der Waals surface area contributed by atoms with Gasteiger partial charge in [-0.05, 0) is 42.7 Å². The fourth-order valence-electron chi connectivity index (χ4n) is 3.11. The lowest BCUT2D eigenvalue weighted by Gasteiger charge is -2.11. The molecule has 3 rings (SSSR count). The topological polar surface area (TPSA) is 69.3 Å². The molecule has 5 nitrogen and oxygen atoms in total. The Kier molecular flexibility index (Phi) is 7.81. The smallest absolute Gasteiger partial charge is 0.191 e. The number of aromatic nitrogens is 1. The van der Waals surface area contributed by atoms with Crippen LogP contribution in [-0.4, -0.2) is 40.5 Å². The molecule has 0 saturated carbocycles. The quantitative estimate of drug-likeness (QED) is 0.372. The third-order valence-corrected chi connectivity index (χ3v) is 5.81. The van der Waals surface area contributed by atoms with Crippen molar-refractivity contribution >= 4 is 27.7 Å². The normalized spacial score (nSPS) is 12.8. The molecule has 0 radical (unpaired) electrons. The fourth-order valence-corrected chi connectivity index (χ4v) is 4.12. The average molecular weight is 415 g/mol. The fraction of sp³-hybridized carbons (Fsp3) is 0.318. The molecule has 0 aliphatic rings. The monoisotopic (exact) mass is 414 g/mol. The van der Waals surface area contributed by atoms with Gasteiger partial charge in [-0.2, -0.15) is 0 Å². The van der Waals surface area contributed by atoms with Gasteiger partial charge in [-0.15, -0.1) is 0 Å². The van der Waals surface area contributed by atoms with Crippen molar-refractivity contribution in [3.63, 3.8) is 0 Å². The summed E-state index contributed by atoms with van der Waals surface area (Å²) in [5.41, 5.74) is 3.02. The number of hydrogen-bond acceptors (Lipinski definition) is 2. The maximum absolute atomic E-state index is 13.3. The number of H-pyrrole nitrogens is 1. The summed E-state index contributed by atoms with van der Waals surface area (Å²) >= 11 is 0. The first-order valence-corrected chi connectivity index (χ1v) is 11.3. The molecule has 3 aromatic rings. The van der Waals surface area contributed by atoms with Gasteiger partial charge in [0.2, 0.25) is 0 Å². The van der Waals surface area contributed by atoms with E-state index in [4.69, 9.17) is 0 Å². The lowest BCUT2D eigenvalue weighted by atomic mass is 10.1. The summed E-state index contributed by atoms with van der Waals surface area (Å²) in [5.74, 6) is 1.56. The molecule has 1 heterocycles. The van der Waals surface area contributed by atoms with E-state index in [-0.39, 0.29) is 5.82 Å². The molecular formula is C22H27FN4OS. The Hall–Kier alpha value is -2.67. The molecule has 154 valence electrons. The largest absolute Gasteiger partial charge is 0.361 e.